The minimum atomic E-state index is 0.593. The summed E-state index contributed by atoms with van der Waals surface area (Å²) in [6, 6.07) is 9.64. The van der Waals surface area contributed by atoms with Gasteiger partial charge in [-0.1, -0.05) is 30.7 Å². The Hall–Kier alpha value is -2.40. The highest BCUT2D eigenvalue weighted by atomic mass is 35.5. The molecule has 3 rings (SSSR count). The molecule has 0 aliphatic heterocycles. The number of aromatic nitrogens is 4. The first kappa shape index (κ1) is 16.5. The highest BCUT2D eigenvalue weighted by Gasteiger charge is 2.09. The molecule has 0 saturated heterocycles. The predicted octanol–water partition coefficient (Wildman–Crippen LogP) is 4.32. The van der Waals surface area contributed by atoms with Crippen molar-refractivity contribution < 1.29 is 0 Å². The van der Waals surface area contributed by atoms with Crippen LogP contribution in [-0.2, 0) is 13.1 Å². The lowest BCUT2D eigenvalue weighted by Crippen LogP contribution is -2.04. The van der Waals surface area contributed by atoms with E-state index in [4.69, 9.17) is 11.6 Å². The largest absolute Gasteiger partial charge is 0.350 e. The molecule has 1 N–H and O–H groups in total. The zero-order chi connectivity index (χ0) is 16.9. The molecule has 0 aliphatic carbocycles. The Labute approximate surface area is 146 Å². The molecule has 24 heavy (non-hydrogen) atoms. The lowest BCUT2D eigenvalue weighted by atomic mass is 10.2. The average Bonchev–Trinajstić information content (AvgIpc) is 2.94. The van der Waals surface area contributed by atoms with Gasteiger partial charge in [0, 0.05) is 36.1 Å². The van der Waals surface area contributed by atoms with E-state index in [2.05, 4.69) is 27.3 Å². The van der Waals surface area contributed by atoms with Crippen LogP contribution in [0.15, 0.2) is 42.7 Å². The number of anilines is 1. The van der Waals surface area contributed by atoms with E-state index in [1.54, 1.807) is 6.20 Å². The van der Waals surface area contributed by atoms with E-state index in [1.165, 1.54) is 0 Å². The first-order valence-corrected chi connectivity index (χ1v) is 8.39. The predicted molar refractivity (Wildman–Crippen MR) is 97.1 cm³/mol. The molecule has 1 aromatic carbocycles. The van der Waals surface area contributed by atoms with Crippen molar-refractivity contribution in [1.82, 2.24) is 19.7 Å². The third-order valence-electron chi connectivity index (χ3n) is 3.67. The minimum absolute atomic E-state index is 0.593. The third-order valence-corrected chi connectivity index (χ3v) is 3.91. The SMILES string of the molecule is CCCn1cc(-c2ccnc(NCc3cccc(Cl)c3)n2)c(C)n1. The topological polar surface area (TPSA) is 55.6 Å². The normalized spacial score (nSPS) is 10.8. The number of nitrogens with zero attached hydrogens (tertiary/aromatic N) is 4. The van der Waals surface area contributed by atoms with E-state index in [0.717, 1.165) is 40.5 Å². The standard InChI is InChI=1S/C18H20ClN5/c1-3-9-24-12-16(13(2)23-24)17-7-8-20-18(22-17)21-11-14-5-4-6-15(19)10-14/h4-8,10,12H,3,9,11H2,1-2H3,(H,20,21,22). The maximum atomic E-state index is 6.01. The lowest BCUT2D eigenvalue weighted by Gasteiger charge is -2.06. The summed E-state index contributed by atoms with van der Waals surface area (Å²) in [5, 5.41) is 8.50. The van der Waals surface area contributed by atoms with E-state index < -0.39 is 0 Å². The summed E-state index contributed by atoms with van der Waals surface area (Å²) in [6.07, 6.45) is 4.86. The number of nitrogens with one attached hydrogen (secondary N) is 1. The van der Waals surface area contributed by atoms with Crippen molar-refractivity contribution in [2.75, 3.05) is 5.32 Å². The summed E-state index contributed by atoms with van der Waals surface area (Å²) in [6.45, 7) is 5.67. The van der Waals surface area contributed by atoms with Crippen molar-refractivity contribution in [2.24, 2.45) is 0 Å². The molecule has 5 nitrogen and oxygen atoms in total. The van der Waals surface area contributed by atoms with Gasteiger partial charge in [-0.3, -0.25) is 4.68 Å². The van der Waals surface area contributed by atoms with Gasteiger partial charge in [0.25, 0.3) is 0 Å². The smallest absolute Gasteiger partial charge is 0.223 e. The summed E-state index contributed by atoms with van der Waals surface area (Å²) in [5.74, 6) is 0.593. The molecule has 0 aliphatic rings. The first-order valence-electron chi connectivity index (χ1n) is 8.01. The van der Waals surface area contributed by atoms with E-state index in [9.17, 15) is 0 Å². The molecule has 124 valence electrons. The first-order chi connectivity index (χ1) is 11.7. The summed E-state index contributed by atoms with van der Waals surface area (Å²) >= 11 is 6.01. The van der Waals surface area contributed by atoms with Crippen molar-refractivity contribution in [1.29, 1.82) is 0 Å². The second kappa shape index (κ2) is 7.45. The monoisotopic (exact) mass is 341 g/mol. The van der Waals surface area contributed by atoms with Gasteiger partial charge in [0.1, 0.15) is 0 Å². The lowest BCUT2D eigenvalue weighted by molar-refractivity contribution is 0.598. The van der Waals surface area contributed by atoms with Crippen molar-refractivity contribution >= 4 is 17.5 Å². The van der Waals surface area contributed by atoms with Crippen LogP contribution in [0.2, 0.25) is 5.02 Å². The molecular formula is C18H20ClN5. The van der Waals surface area contributed by atoms with E-state index >= 15 is 0 Å². The van der Waals surface area contributed by atoms with Gasteiger partial charge >= 0.3 is 0 Å². The molecule has 6 heteroatoms. The van der Waals surface area contributed by atoms with Crippen LogP contribution in [0.3, 0.4) is 0 Å². The molecule has 0 atom stereocenters. The number of rotatable bonds is 6. The van der Waals surface area contributed by atoms with Gasteiger partial charge in [-0.05, 0) is 37.1 Å². The summed E-state index contributed by atoms with van der Waals surface area (Å²) in [7, 11) is 0. The van der Waals surface area contributed by atoms with E-state index in [-0.39, 0.29) is 0 Å². The zero-order valence-corrected chi connectivity index (χ0v) is 14.6. The highest BCUT2D eigenvalue weighted by molar-refractivity contribution is 6.30. The third kappa shape index (κ3) is 3.92. The molecule has 0 fully saturated rings. The number of halogens is 1. The van der Waals surface area contributed by atoms with Crippen molar-refractivity contribution in [3.8, 4) is 11.3 Å². The van der Waals surface area contributed by atoms with Gasteiger partial charge in [-0.2, -0.15) is 5.10 Å². The van der Waals surface area contributed by atoms with Crippen molar-refractivity contribution in [3.05, 3.63) is 59.0 Å². The Balaban J connectivity index is 1.76. The fraction of sp³-hybridized carbons (Fsp3) is 0.278. The Morgan fingerprint density at radius 3 is 2.92 bits per heavy atom. The molecule has 0 saturated carbocycles. The number of hydrogen-bond acceptors (Lipinski definition) is 4. The molecular weight excluding hydrogens is 322 g/mol. The van der Waals surface area contributed by atoms with Crippen molar-refractivity contribution in [3.63, 3.8) is 0 Å². The summed E-state index contributed by atoms with van der Waals surface area (Å²) in [4.78, 5) is 8.90. The van der Waals surface area contributed by atoms with Crippen LogP contribution < -0.4 is 5.32 Å². The van der Waals surface area contributed by atoms with Crippen LogP contribution in [0.1, 0.15) is 24.6 Å². The molecule has 0 amide bonds. The van der Waals surface area contributed by atoms with E-state index in [0.29, 0.717) is 12.5 Å². The fourth-order valence-electron chi connectivity index (χ4n) is 2.53. The van der Waals surface area contributed by atoms with Gasteiger partial charge in [0.05, 0.1) is 11.4 Å². The van der Waals surface area contributed by atoms with Gasteiger partial charge in [-0.25, -0.2) is 9.97 Å². The highest BCUT2D eigenvalue weighted by Crippen LogP contribution is 2.21. The second-order valence-corrected chi connectivity index (χ2v) is 6.08. The molecule has 0 bridgehead atoms. The molecule has 2 heterocycles. The van der Waals surface area contributed by atoms with Crippen LogP contribution >= 0.6 is 11.6 Å². The van der Waals surface area contributed by atoms with Gasteiger partial charge in [-0.15, -0.1) is 0 Å². The molecule has 3 aromatic rings. The van der Waals surface area contributed by atoms with Crippen molar-refractivity contribution in [2.45, 2.75) is 33.4 Å². The van der Waals surface area contributed by atoms with Crippen LogP contribution in [-0.4, -0.2) is 19.7 Å². The van der Waals surface area contributed by atoms with E-state index in [1.807, 2.05) is 48.1 Å². The summed E-state index contributed by atoms with van der Waals surface area (Å²) in [5.41, 5.74) is 3.97. The molecule has 0 radical (unpaired) electrons. The maximum absolute atomic E-state index is 6.01. The van der Waals surface area contributed by atoms with Gasteiger partial charge in [0.15, 0.2) is 0 Å². The Morgan fingerprint density at radius 2 is 2.12 bits per heavy atom. The Morgan fingerprint density at radius 1 is 1.25 bits per heavy atom. The zero-order valence-electron chi connectivity index (χ0n) is 13.8. The molecule has 2 aromatic heterocycles. The fourth-order valence-corrected chi connectivity index (χ4v) is 2.75. The summed E-state index contributed by atoms with van der Waals surface area (Å²) < 4.78 is 1.96. The Bertz CT molecular complexity index is 828. The molecule has 0 unspecified atom stereocenters. The van der Waals surface area contributed by atoms with Crippen LogP contribution in [0, 0.1) is 6.92 Å². The number of aryl methyl sites for hydroxylation is 2. The van der Waals surface area contributed by atoms with Crippen LogP contribution in [0.4, 0.5) is 5.95 Å². The minimum Gasteiger partial charge on any atom is -0.350 e. The van der Waals surface area contributed by atoms with Gasteiger partial charge < -0.3 is 5.32 Å². The number of benzene rings is 1. The average molecular weight is 342 g/mol. The van der Waals surface area contributed by atoms with Gasteiger partial charge in [0.2, 0.25) is 5.95 Å². The van der Waals surface area contributed by atoms with Crippen LogP contribution in [0.25, 0.3) is 11.3 Å². The maximum Gasteiger partial charge on any atom is 0.223 e. The quantitative estimate of drug-likeness (QED) is 0.725. The van der Waals surface area contributed by atoms with Crippen LogP contribution in [0.5, 0.6) is 0 Å². The Kier molecular flexibility index (Phi) is 5.11. The second-order valence-electron chi connectivity index (χ2n) is 5.64. The number of hydrogen-bond donors (Lipinski definition) is 1. The molecule has 0 spiro atoms.